The highest BCUT2D eigenvalue weighted by atomic mass is 16.5. The fourth-order valence-electron chi connectivity index (χ4n) is 2.61. The molecule has 1 unspecified atom stereocenters. The number of ether oxygens (including phenoxy) is 2. The highest BCUT2D eigenvalue weighted by molar-refractivity contribution is 6.00. The van der Waals surface area contributed by atoms with E-state index in [1.165, 1.54) is 0 Å². The van der Waals surface area contributed by atoms with Crippen molar-refractivity contribution in [1.29, 1.82) is 0 Å². The maximum absolute atomic E-state index is 12.5. The van der Waals surface area contributed by atoms with Crippen LogP contribution in [0, 0.1) is 0 Å². The minimum atomic E-state index is -0.478. The van der Waals surface area contributed by atoms with Gasteiger partial charge in [0.05, 0.1) is 5.69 Å². The molecule has 1 aliphatic heterocycles. The largest absolute Gasteiger partial charge is 0.478 e. The standard InChI is InChI=1S/C18H26N2O4/c1-3-15-18(22)20(14-8-5-6-9-16(14)24-15)12-10-17(21)19-11-7-13-23-4-2/h5-6,8-9,15H,3-4,7,10-13H2,1-2H3,(H,19,21). The number of nitrogens with one attached hydrogen (secondary N) is 1. The Labute approximate surface area is 143 Å². The number of para-hydroxylation sites is 2. The molecule has 2 rings (SSSR count). The maximum Gasteiger partial charge on any atom is 0.268 e. The predicted octanol–water partition coefficient (Wildman–Crippen LogP) is 2.12. The summed E-state index contributed by atoms with van der Waals surface area (Å²) in [7, 11) is 0. The van der Waals surface area contributed by atoms with Crippen molar-refractivity contribution in [2.45, 2.75) is 39.2 Å². The van der Waals surface area contributed by atoms with Crippen LogP contribution in [-0.2, 0) is 14.3 Å². The van der Waals surface area contributed by atoms with Crippen LogP contribution in [0.25, 0.3) is 0 Å². The molecule has 132 valence electrons. The Balaban J connectivity index is 1.88. The highest BCUT2D eigenvalue weighted by Gasteiger charge is 2.32. The average Bonchev–Trinajstić information content (AvgIpc) is 2.60. The smallest absolute Gasteiger partial charge is 0.268 e. The molecule has 24 heavy (non-hydrogen) atoms. The second-order valence-corrected chi connectivity index (χ2v) is 5.62. The van der Waals surface area contributed by atoms with E-state index < -0.39 is 6.10 Å². The van der Waals surface area contributed by atoms with Crippen LogP contribution in [0.5, 0.6) is 5.75 Å². The quantitative estimate of drug-likeness (QED) is 0.703. The van der Waals surface area contributed by atoms with Gasteiger partial charge in [0, 0.05) is 32.7 Å². The van der Waals surface area contributed by atoms with Gasteiger partial charge < -0.3 is 19.7 Å². The lowest BCUT2D eigenvalue weighted by Gasteiger charge is -2.33. The van der Waals surface area contributed by atoms with Crippen molar-refractivity contribution in [1.82, 2.24) is 5.32 Å². The van der Waals surface area contributed by atoms with Crippen LogP contribution in [0.15, 0.2) is 24.3 Å². The topological polar surface area (TPSA) is 67.9 Å². The Morgan fingerprint density at radius 2 is 2.12 bits per heavy atom. The predicted molar refractivity (Wildman–Crippen MR) is 92.2 cm³/mol. The van der Waals surface area contributed by atoms with Crippen molar-refractivity contribution in [3.63, 3.8) is 0 Å². The summed E-state index contributed by atoms with van der Waals surface area (Å²) in [6.45, 7) is 6.13. The molecular formula is C18H26N2O4. The third-order valence-corrected chi connectivity index (χ3v) is 3.89. The lowest BCUT2D eigenvalue weighted by Crippen LogP contribution is -2.46. The van der Waals surface area contributed by atoms with Gasteiger partial charge in [0.25, 0.3) is 5.91 Å². The normalized spacial score (nSPS) is 16.5. The Kier molecular flexibility index (Phi) is 7.06. The first-order valence-corrected chi connectivity index (χ1v) is 8.58. The van der Waals surface area contributed by atoms with Crippen LogP contribution in [0.1, 0.15) is 33.1 Å². The van der Waals surface area contributed by atoms with Crippen molar-refractivity contribution in [3.05, 3.63) is 24.3 Å². The zero-order chi connectivity index (χ0) is 17.4. The van der Waals surface area contributed by atoms with E-state index in [1.54, 1.807) is 4.90 Å². The van der Waals surface area contributed by atoms with Crippen LogP contribution >= 0.6 is 0 Å². The van der Waals surface area contributed by atoms with Crippen molar-refractivity contribution >= 4 is 17.5 Å². The van der Waals surface area contributed by atoms with Crippen LogP contribution < -0.4 is 15.0 Å². The maximum atomic E-state index is 12.5. The van der Waals surface area contributed by atoms with Gasteiger partial charge in [-0.25, -0.2) is 0 Å². The summed E-state index contributed by atoms with van der Waals surface area (Å²) >= 11 is 0. The van der Waals surface area contributed by atoms with E-state index in [2.05, 4.69) is 5.32 Å². The average molecular weight is 334 g/mol. The molecule has 1 aromatic rings. The summed E-state index contributed by atoms with van der Waals surface area (Å²) in [6.07, 6.45) is 1.18. The number of amides is 2. The second kappa shape index (κ2) is 9.27. The van der Waals surface area contributed by atoms with E-state index in [0.29, 0.717) is 38.5 Å². The van der Waals surface area contributed by atoms with Gasteiger partial charge in [-0.2, -0.15) is 0 Å². The highest BCUT2D eigenvalue weighted by Crippen LogP contribution is 2.34. The monoisotopic (exact) mass is 334 g/mol. The number of nitrogens with zero attached hydrogens (tertiary/aromatic N) is 1. The Bertz CT molecular complexity index is 562. The molecule has 0 bridgehead atoms. The van der Waals surface area contributed by atoms with Gasteiger partial charge in [-0.05, 0) is 31.9 Å². The summed E-state index contributed by atoms with van der Waals surface area (Å²) in [5.41, 5.74) is 0.733. The number of benzene rings is 1. The molecule has 0 aromatic heterocycles. The third kappa shape index (κ3) is 4.71. The van der Waals surface area contributed by atoms with Crippen LogP contribution in [0.3, 0.4) is 0 Å². The van der Waals surface area contributed by atoms with E-state index in [-0.39, 0.29) is 18.2 Å². The molecule has 1 atom stereocenters. The first kappa shape index (κ1) is 18.3. The van der Waals surface area contributed by atoms with Gasteiger partial charge in [0.2, 0.25) is 5.91 Å². The SMILES string of the molecule is CCOCCCNC(=O)CCN1C(=O)C(CC)Oc2ccccc21. The van der Waals surface area contributed by atoms with Crippen LogP contribution in [0.2, 0.25) is 0 Å². The van der Waals surface area contributed by atoms with E-state index in [4.69, 9.17) is 9.47 Å². The molecule has 1 N–H and O–H groups in total. The minimum absolute atomic E-state index is 0.0590. The van der Waals surface area contributed by atoms with Crippen molar-refractivity contribution < 1.29 is 19.1 Å². The summed E-state index contributed by atoms with van der Waals surface area (Å²) in [5.74, 6) is 0.553. The molecule has 0 radical (unpaired) electrons. The lowest BCUT2D eigenvalue weighted by atomic mass is 10.1. The molecule has 0 spiro atoms. The fraction of sp³-hybridized carbons (Fsp3) is 0.556. The molecule has 1 aliphatic rings. The van der Waals surface area contributed by atoms with Gasteiger partial charge in [-0.15, -0.1) is 0 Å². The Morgan fingerprint density at radius 3 is 2.88 bits per heavy atom. The molecule has 1 heterocycles. The van der Waals surface area contributed by atoms with Crippen molar-refractivity contribution in [3.8, 4) is 5.75 Å². The fourth-order valence-corrected chi connectivity index (χ4v) is 2.61. The number of hydrogen-bond acceptors (Lipinski definition) is 4. The summed E-state index contributed by atoms with van der Waals surface area (Å²) in [4.78, 5) is 26.1. The molecule has 0 aliphatic carbocycles. The molecule has 2 amide bonds. The summed E-state index contributed by atoms with van der Waals surface area (Å²) in [5, 5.41) is 2.86. The second-order valence-electron chi connectivity index (χ2n) is 5.62. The Morgan fingerprint density at radius 1 is 1.33 bits per heavy atom. The molecule has 0 saturated carbocycles. The van der Waals surface area contributed by atoms with E-state index in [1.807, 2.05) is 38.1 Å². The van der Waals surface area contributed by atoms with Gasteiger partial charge in [0.15, 0.2) is 6.10 Å². The van der Waals surface area contributed by atoms with E-state index in [9.17, 15) is 9.59 Å². The first-order chi connectivity index (χ1) is 11.7. The molecule has 6 nitrogen and oxygen atoms in total. The number of fused-ring (bicyclic) bond motifs is 1. The zero-order valence-electron chi connectivity index (χ0n) is 14.4. The minimum Gasteiger partial charge on any atom is -0.478 e. The van der Waals surface area contributed by atoms with Gasteiger partial charge in [-0.3, -0.25) is 9.59 Å². The van der Waals surface area contributed by atoms with Gasteiger partial charge in [-0.1, -0.05) is 19.1 Å². The molecule has 1 aromatic carbocycles. The molecule has 6 heteroatoms. The van der Waals surface area contributed by atoms with Gasteiger partial charge in [0.1, 0.15) is 5.75 Å². The summed E-state index contributed by atoms with van der Waals surface area (Å²) < 4.78 is 11.0. The van der Waals surface area contributed by atoms with Crippen molar-refractivity contribution in [2.75, 3.05) is 31.2 Å². The third-order valence-electron chi connectivity index (χ3n) is 3.89. The van der Waals surface area contributed by atoms with Crippen LogP contribution in [0.4, 0.5) is 5.69 Å². The molecule has 0 fully saturated rings. The van der Waals surface area contributed by atoms with E-state index in [0.717, 1.165) is 12.1 Å². The summed E-state index contributed by atoms with van der Waals surface area (Å²) in [6, 6.07) is 7.44. The number of carbonyl (C=O) groups is 2. The van der Waals surface area contributed by atoms with Crippen molar-refractivity contribution in [2.24, 2.45) is 0 Å². The first-order valence-electron chi connectivity index (χ1n) is 8.58. The zero-order valence-corrected chi connectivity index (χ0v) is 14.4. The molecule has 0 saturated heterocycles. The van der Waals surface area contributed by atoms with Crippen LogP contribution in [-0.4, -0.2) is 44.2 Å². The number of hydrogen-bond donors (Lipinski definition) is 1. The number of anilines is 1. The van der Waals surface area contributed by atoms with Gasteiger partial charge >= 0.3 is 0 Å². The number of carbonyl (C=O) groups excluding carboxylic acids is 2. The lowest BCUT2D eigenvalue weighted by molar-refractivity contribution is -0.126. The number of rotatable bonds is 9. The van der Waals surface area contributed by atoms with E-state index >= 15 is 0 Å². The Hall–Kier alpha value is -2.08. The molecular weight excluding hydrogens is 308 g/mol.